The highest BCUT2D eigenvalue weighted by atomic mass is 16.2. The molecule has 2 amide bonds. The minimum Gasteiger partial charge on any atom is -0.358 e. The highest BCUT2D eigenvalue weighted by Crippen LogP contribution is 2.27. The molecule has 0 aliphatic carbocycles. The lowest BCUT2D eigenvalue weighted by molar-refractivity contribution is -0.136. The molecule has 1 aliphatic heterocycles. The number of nitrogens with one attached hydrogen (secondary N) is 2. The fraction of sp³-hybridized carbons (Fsp3) is 0.857. The van der Waals surface area contributed by atoms with Crippen LogP contribution in [0.3, 0.4) is 0 Å². The highest BCUT2D eigenvalue weighted by Gasteiger charge is 2.43. The molecule has 1 aliphatic rings. The van der Waals surface area contributed by atoms with E-state index in [1.165, 1.54) is 0 Å². The Morgan fingerprint density at radius 3 is 2.53 bits per heavy atom. The quantitative estimate of drug-likeness (QED) is 0.774. The summed E-state index contributed by atoms with van der Waals surface area (Å²) < 4.78 is 0. The van der Waals surface area contributed by atoms with Crippen LogP contribution in [0.5, 0.6) is 0 Å². The zero-order chi connectivity index (χ0) is 14.6. The molecule has 0 unspecified atom stereocenters. The summed E-state index contributed by atoms with van der Waals surface area (Å²) in [6.07, 6.45) is 1.78. The second-order valence-corrected chi connectivity index (χ2v) is 6.13. The van der Waals surface area contributed by atoms with Gasteiger partial charge in [-0.05, 0) is 32.6 Å². The molecular weight excluding hydrogens is 242 g/mol. The first-order chi connectivity index (χ1) is 8.80. The number of carbonyl (C=O) groups excluding carboxylic acids is 2. The molecule has 0 aromatic rings. The van der Waals surface area contributed by atoms with E-state index >= 15 is 0 Å². The lowest BCUT2D eigenvalue weighted by Gasteiger charge is -2.37. The summed E-state index contributed by atoms with van der Waals surface area (Å²) in [7, 11) is 1.63. The van der Waals surface area contributed by atoms with Crippen molar-refractivity contribution in [3.05, 3.63) is 0 Å². The summed E-state index contributed by atoms with van der Waals surface area (Å²) >= 11 is 0. The van der Waals surface area contributed by atoms with E-state index in [9.17, 15) is 9.59 Å². The molecule has 1 rings (SSSR count). The fourth-order valence-corrected chi connectivity index (χ4v) is 2.57. The molecule has 1 atom stereocenters. The molecule has 5 heteroatoms. The van der Waals surface area contributed by atoms with Gasteiger partial charge in [0.25, 0.3) is 0 Å². The van der Waals surface area contributed by atoms with Gasteiger partial charge in [-0.2, -0.15) is 0 Å². The van der Waals surface area contributed by atoms with Crippen LogP contribution in [0.2, 0.25) is 0 Å². The second kappa shape index (κ2) is 6.37. The first-order valence-electron chi connectivity index (χ1n) is 7.07. The molecule has 0 spiro atoms. The number of rotatable bonds is 5. The summed E-state index contributed by atoms with van der Waals surface area (Å²) in [5.74, 6) is 0.435. The van der Waals surface area contributed by atoms with Gasteiger partial charge in [0.15, 0.2) is 0 Å². The summed E-state index contributed by atoms with van der Waals surface area (Å²) in [4.78, 5) is 26.2. The standard InChI is InChI=1S/C14H27N3O2/c1-10(2)9-16-12(18)11-7-6-8-17(11)14(3,4)13(19)15-5/h10-11H,6-9H2,1-5H3,(H,15,19)(H,16,18)/t11-/m0/s1. The second-order valence-electron chi connectivity index (χ2n) is 6.13. The normalized spacial score (nSPS) is 20.6. The van der Waals surface area contributed by atoms with E-state index < -0.39 is 5.54 Å². The largest absolute Gasteiger partial charge is 0.358 e. The van der Waals surface area contributed by atoms with Crippen molar-refractivity contribution in [1.29, 1.82) is 0 Å². The SMILES string of the molecule is CNC(=O)C(C)(C)N1CCC[C@H]1C(=O)NCC(C)C. The molecular formula is C14H27N3O2. The Hall–Kier alpha value is -1.10. The lowest BCUT2D eigenvalue weighted by Crippen LogP contribution is -2.59. The van der Waals surface area contributed by atoms with Gasteiger partial charge >= 0.3 is 0 Å². The smallest absolute Gasteiger partial charge is 0.239 e. The predicted octanol–water partition coefficient (Wildman–Crippen LogP) is 0.748. The molecule has 0 saturated carbocycles. The molecule has 1 saturated heterocycles. The van der Waals surface area contributed by atoms with Gasteiger partial charge in [-0.3, -0.25) is 14.5 Å². The highest BCUT2D eigenvalue weighted by molar-refractivity contribution is 5.87. The zero-order valence-corrected chi connectivity index (χ0v) is 12.7. The van der Waals surface area contributed by atoms with Gasteiger partial charge in [0, 0.05) is 20.1 Å². The van der Waals surface area contributed by atoms with Gasteiger partial charge in [0.2, 0.25) is 11.8 Å². The van der Waals surface area contributed by atoms with Crippen molar-refractivity contribution in [2.45, 2.75) is 52.1 Å². The van der Waals surface area contributed by atoms with Crippen LogP contribution < -0.4 is 10.6 Å². The average Bonchev–Trinajstić information content (AvgIpc) is 2.84. The fourth-order valence-electron chi connectivity index (χ4n) is 2.57. The van der Waals surface area contributed by atoms with Crippen molar-refractivity contribution in [2.24, 2.45) is 5.92 Å². The van der Waals surface area contributed by atoms with Crippen LogP contribution >= 0.6 is 0 Å². The van der Waals surface area contributed by atoms with Crippen LogP contribution in [-0.2, 0) is 9.59 Å². The predicted molar refractivity (Wildman–Crippen MR) is 75.7 cm³/mol. The summed E-state index contributed by atoms with van der Waals surface area (Å²) in [5.41, 5.74) is -0.648. The van der Waals surface area contributed by atoms with E-state index in [-0.39, 0.29) is 17.9 Å². The van der Waals surface area contributed by atoms with E-state index in [1.807, 2.05) is 18.7 Å². The van der Waals surface area contributed by atoms with Crippen molar-refractivity contribution in [3.63, 3.8) is 0 Å². The summed E-state index contributed by atoms with van der Waals surface area (Å²) in [6.45, 7) is 9.37. The molecule has 0 aromatic heterocycles. The van der Waals surface area contributed by atoms with E-state index in [0.717, 1.165) is 19.4 Å². The summed E-state index contributed by atoms with van der Waals surface area (Å²) in [5, 5.41) is 5.65. The van der Waals surface area contributed by atoms with E-state index in [1.54, 1.807) is 7.05 Å². The maximum absolute atomic E-state index is 12.2. The topological polar surface area (TPSA) is 61.4 Å². The van der Waals surface area contributed by atoms with Gasteiger partial charge in [-0.15, -0.1) is 0 Å². The number of amides is 2. The van der Waals surface area contributed by atoms with Gasteiger partial charge in [0.05, 0.1) is 11.6 Å². The van der Waals surface area contributed by atoms with Crippen LogP contribution in [0.1, 0.15) is 40.5 Å². The molecule has 19 heavy (non-hydrogen) atoms. The molecule has 2 N–H and O–H groups in total. The number of likely N-dealkylation sites (N-methyl/N-ethyl adjacent to an activating group) is 1. The molecule has 1 fully saturated rings. The monoisotopic (exact) mass is 269 g/mol. The van der Waals surface area contributed by atoms with Crippen molar-refractivity contribution < 1.29 is 9.59 Å². The molecule has 0 radical (unpaired) electrons. The van der Waals surface area contributed by atoms with Crippen LogP contribution in [0.15, 0.2) is 0 Å². The minimum atomic E-state index is -0.648. The minimum absolute atomic E-state index is 0.0446. The van der Waals surface area contributed by atoms with Gasteiger partial charge < -0.3 is 10.6 Å². The maximum Gasteiger partial charge on any atom is 0.239 e. The Morgan fingerprint density at radius 1 is 1.37 bits per heavy atom. The Bertz CT molecular complexity index is 340. The molecule has 0 aromatic carbocycles. The number of carbonyl (C=O) groups is 2. The third kappa shape index (κ3) is 3.69. The maximum atomic E-state index is 12.2. The number of hydrogen-bond acceptors (Lipinski definition) is 3. The lowest BCUT2D eigenvalue weighted by atomic mass is 10.00. The van der Waals surface area contributed by atoms with E-state index in [0.29, 0.717) is 12.5 Å². The first-order valence-corrected chi connectivity index (χ1v) is 7.07. The van der Waals surface area contributed by atoms with E-state index in [4.69, 9.17) is 0 Å². The Labute approximate surface area is 116 Å². The Balaban J connectivity index is 2.73. The van der Waals surface area contributed by atoms with Crippen molar-refractivity contribution in [2.75, 3.05) is 20.1 Å². The number of hydrogen-bond donors (Lipinski definition) is 2. The Kier molecular flexibility index (Phi) is 5.35. The van der Waals surface area contributed by atoms with Gasteiger partial charge in [-0.1, -0.05) is 13.8 Å². The van der Waals surface area contributed by atoms with Crippen molar-refractivity contribution in [3.8, 4) is 0 Å². The zero-order valence-electron chi connectivity index (χ0n) is 12.7. The van der Waals surface area contributed by atoms with Crippen LogP contribution in [0.4, 0.5) is 0 Å². The molecule has 0 bridgehead atoms. The molecule has 5 nitrogen and oxygen atoms in total. The number of nitrogens with zero attached hydrogens (tertiary/aromatic N) is 1. The third-order valence-electron chi connectivity index (χ3n) is 3.74. The Morgan fingerprint density at radius 2 is 2.00 bits per heavy atom. The van der Waals surface area contributed by atoms with Gasteiger partial charge in [-0.25, -0.2) is 0 Å². The third-order valence-corrected chi connectivity index (χ3v) is 3.74. The van der Waals surface area contributed by atoms with Crippen molar-refractivity contribution >= 4 is 11.8 Å². The average molecular weight is 269 g/mol. The van der Waals surface area contributed by atoms with Crippen LogP contribution in [0.25, 0.3) is 0 Å². The summed E-state index contributed by atoms with van der Waals surface area (Å²) in [6, 6.07) is -0.189. The van der Waals surface area contributed by atoms with E-state index in [2.05, 4.69) is 24.5 Å². The molecule has 110 valence electrons. The van der Waals surface area contributed by atoms with Crippen LogP contribution in [0, 0.1) is 5.92 Å². The number of likely N-dealkylation sites (tertiary alicyclic amines) is 1. The van der Waals surface area contributed by atoms with Gasteiger partial charge in [0.1, 0.15) is 0 Å². The van der Waals surface area contributed by atoms with Crippen LogP contribution in [-0.4, -0.2) is 48.4 Å². The molecule has 1 heterocycles. The first kappa shape index (κ1) is 16.0. The van der Waals surface area contributed by atoms with Crippen molar-refractivity contribution in [1.82, 2.24) is 15.5 Å².